The lowest BCUT2D eigenvalue weighted by Gasteiger charge is -2.31. The fraction of sp³-hybridized carbons (Fsp3) is 0.500. The summed E-state index contributed by atoms with van der Waals surface area (Å²) in [6, 6.07) is 8.95. The van der Waals surface area contributed by atoms with E-state index in [2.05, 4.69) is 22.0 Å². The molecule has 0 amide bonds. The Morgan fingerprint density at radius 2 is 1.90 bits per heavy atom. The molecule has 1 heterocycles. The van der Waals surface area contributed by atoms with Crippen LogP contribution in [-0.4, -0.2) is 45.4 Å². The molecule has 21 heavy (non-hydrogen) atoms. The monoisotopic (exact) mass is 372 g/mol. The molecule has 1 aromatic carbocycles. The van der Waals surface area contributed by atoms with Gasteiger partial charge in [0.2, 0.25) is 10.0 Å². The lowest BCUT2D eigenvalue weighted by molar-refractivity contribution is -0.905. The molecule has 0 aromatic heterocycles. The van der Waals surface area contributed by atoms with Crippen molar-refractivity contribution in [1.82, 2.24) is 4.31 Å². The van der Waals surface area contributed by atoms with Gasteiger partial charge in [-0.05, 0) is 31.2 Å². The van der Waals surface area contributed by atoms with E-state index in [4.69, 9.17) is 5.26 Å². The molecule has 5 nitrogen and oxygen atoms in total. The third kappa shape index (κ3) is 4.04. The Labute approximate surface area is 134 Å². The van der Waals surface area contributed by atoms with Crippen LogP contribution in [0.25, 0.3) is 0 Å². The van der Waals surface area contributed by atoms with Crippen LogP contribution in [0.15, 0.2) is 33.6 Å². The summed E-state index contributed by atoms with van der Waals surface area (Å²) in [4.78, 5) is 1.63. The molecule has 1 saturated heterocycles. The van der Waals surface area contributed by atoms with Crippen LogP contribution in [0.3, 0.4) is 0 Å². The molecule has 1 atom stereocenters. The Kier molecular flexibility index (Phi) is 5.38. The summed E-state index contributed by atoms with van der Waals surface area (Å²) in [5, 5.41) is 8.84. The van der Waals surface area contributed by atoms with Crippen LogP contribution in [0.4, 0.5) is 0 Å². The van der Waals surface area contributed by atoms with E-state index in [1.165, 1.54) is 9.21 Å². The van der Waals surface area contributed by atoms with Gasteiger partial charge in [0.05, 0.1) is 49.6 Å². The lowest BCUT2D eigenvalue weighted by Crippen LogP contribution is -3.15. The highest BCUT2D eigenvalue weighted by molar-refractivity contribution is 9.10. The first-order valence-electron chi connectivity index (χ1n) is 6.92. The van der Waals surface area contributed by atoms with Gasteiger partial charge in [-0.25, -0.2) is 8.42 Å². The van der Waals surface area contributed by atoms with E-state index in [0.717, 1.165) is 24.1 Å². The molecule has 0 unspecified atom stereocenters. The third-order valence-electron chi connectivity index (χ3n) is 3.70. The maximum absolute atomic E-state index is 12.5. The fourth-order valence-electron chi connectivity index (χ4n) is 2.48. The van der Waals surface area contributed by atoms with Gasteiger partial charge < -0.3 is 4.90 Å². The van der Waals surface area contributed by atoms with Gasteiger partial charge >= 0.3 is 0 Å². The predicted molar refractivity (Wildman–Crippen MR) is 83.2 cm³/mol. The van der Waals surface area contributed by atoms with Crippen molar-refractivity contribution in [2.24, 2.45) is 5.92 Å². The minimum absolute atomic E-state index is 0.00892. The van der Waals surface area contributed by atoms with Crippen LogP contribution in [0, 0.1) is 17.2 Å². The number of hydrogen-bond donors (Lipinski definition) is 1. The van der Waals surface area contributed by atoms with Gasteiger partial charge in [0, 0.05) is 4.47 Å². The van der Waals surface area contributed by atoms with Crippen molar-refractivity contribution in [3.05, 3.63) is 28.7 Å². The average molecular weight is 373 g/mol. The van der Waals surface area contributed by atoms with Crippen LogP contribution >= 0.6 is 15.9 Å². The minimum Gasteiger partial charge on any atom is -0.332 e. The highest BCUT2D eigenvalue weighted by Gasteiger charge is 2.30. The zero-order valence-electron chi connectivity index (χ0n) is 11.9. The van der Waals surface area contributed by atoms with Crippen LogP contribution in [0.1, 0.15) is 6.92 Å². The van der Waals surface area contributed by atoms with Gasteiger partial charge in [0.1, 0.15) is 0 Å². The molecular weight excluding hydrogens is 354 g/mol. The van der Waals surface area contributed by atoms with E-state index in [0.29, 0.717) is 18.0 Å². The van der Waals surface area contributed by atoms with Gasteiger partial charge in [0.25, 0.3) is 0 Å². The second-order valence-electron chi connectivity index (χ2n) is 5.34. The van der Waals surface area contributed by atoms with E-state index in [9.17, 15) is 8.42 Å². The van der Waals surface area contributed by atoms with Gasteiger partial charge in [-0.3, -0.25) is 0 Å². The Balaban J connectivity index is 2.01. The Hall–Kier alpha value is -0.940. The normalized spacial score (nSPS) is 19.1. The van der Waals surface area contributed by atoms with Gasteiger partial charge in [-0.1, -0.05) is 15.9 Å². The Bertz CT molecular complexity index is 617. The van der Waals surface area contributed by atoms with Gasteiger partial charge in [-0.2, -0.15) is 9.57 Å². The largest absolute Gasteiger partial charge is 0.332 e. The third-order valence-corrected chi connectivity index (χ3v) is 6.14. The average Bonchev–Trinajstić information content (AvgIpc) is 2.48. The summed E-state index contributed by atoms with van der Waals surface area (Å²) in [6.07, 6.45) is 0. The Morgan fingerprint density at radius 1 is 1.33 bits per heavy atom. The second-order valence-corrected chi connectivity index (χ2v) is 8.20. The van der Waals surface area contributed by atoms with Crippen molar-refractivity contribution in [3.8, 4) is 6.07 Å². The fourth-order valence-corrected chi connectivity index (χ4v) is 4.19. The van der Waals surface area contributed by atoms with E-state index < -0.39 is 10.0 Å². The quantitative estimate of drug-likeness (QED) is 0.836. The number of halogens is 1. The molecule has 1 aliphatic rings. The number of piperazine rings is 1. The number of hydrogen-bond acceptors (Lipinski definition) is 3. The zero-order valence-corrected chi connectivity index (χ0v) is 14.3. The summed E-state index contributed by atoms with van der Waals surface area (Å²) in [7, 11) is -3.40. The minimum atomic E-state index is -3.40. The smallest absolute Gasteiger partial charge is 0.243 e. The maximum Gasteiger partial charge on any atom is 0.243 e. The molecule has 2 rings (SSSR count). The number of sulfonamides is 1. The number of benzene rings is 1. The summed E-state index contributed by atoms with van der Waals surface area (Å²) < 4.78 is 27.5. The van der Waals surface area contributed by atoms with Gasteiger partial charge in [-0.15, -0.1) is 0 Å². The van der Waals surface area contributed by atoms with E-state index in [1.54, 1.807) is 24.3 Å². The van der Waals surface area contributed by atoms with Crippen molar-refractivity contribution < 1.29 is 13.3 Å². The van der Waals surface area contributed by atoms with E-state index >= 15 is 0 Å². The second kappa shape index (κ2) is 6.88. The van der Waals surface area contributed by atoms with Crippen LogP contribution in [-0.2, 0) is 10.0 Å². The molecule has 0 bridgehead atoms. The van der Waals surface area contributed by atoms with E-state index in [-0.39, 0.29) is 5.92 Å². The van der Waals surface area contributed by atoms with Crippen LogP contribution < -0.4 is 4.90 Å². The summed E-state index contributed by atoms with van der Waals surface area (Å²) in [6.45, 7) is 5.20. The molecule has 1 aliphatic heterocycles. The van der Waals surface area contributed by atoms with Crippen molar-refractivity contribution >= 4 is 26.0 Å². The molecule has 1 aromatic rings. The standard InChI is InChI=1S/C14H18BrN3O2S/c1-12(10-16)11-17-6-8-18(9-7-17)21(19,20)14-4-2-13(15)3-5-14/h2-5,12H,6-9,11H2,1H3/p+1/t12-/m0/s1. The number of nitriles is 1. The lowest BCUT2D eigenvalue weighted by atomic mass is 10.2. The highest BCUT2D eigenvalue weighted by atomic mass is 79.9. The molecule has 0 aliphatic carbocycles. The SMILES string of the molecule is C[C@@H](C#N)C[NH+]1CCN(S(=O)(=O)c2ccc(Br)cc2)CC1. The number of nitrogens with zero attached hydrogens (tertiary/aromatic N) is 2. The van der Waals surface area contributed by atoms with E-state index in [1.807, 2.05) is 6.92 Å². The van der Waals surface area contributed by atoms with Crippen molar-refractivity contribution in [3.63, 3.8) is 0 Å². The zero-order chi connectivity index (χ0) is 15.5. The molecular formula is C14H19BrN3O2S+. The number of rotatable bonds is 4. The molecule has 0 saturated carbocycles. The first kappa shape index (κ1) is 16.4. The van der Waals surface area contributed by atoms with Crippen LogP contribution in [0.2, 0.25) is 0 Å². The maximum atomic E-state index is 12.5. The molecule has 114 valence electrons. The van der Waals surface area contributed by atoms with Crippen molar-refractivity contribution in [2.75, 3.05) is 32.7 Å². The van der Waals surface area contributed by atoms with Gasteiger partial charge in [0.15, 0.2) is 0 Å². The summed E-state index contributed by atoms with van der Waals surface area (Å²) in [5.41, 5.74) is 0. The number of quaternary nitrogens is 1. The first-order valence-corrected chi connectivity index (χ1v) is 9.15. The number of nitrogens with one attached hydrogen (secondary N) is 1. The first-order chi connectivity index (χ1) is 9.93. The Morgan fingerprint density at radius 3 is 2.43 bits per heavy atom. The summed E-state index contributed by atoms with van der Waals surface area (Å²) in [5.74, 6) is 0.00892. The van der Waals surface area contributed by atoms with Crippen molar-refractivity contribution in [2.45, 2.75) is 11.8 Å². The van der Waals surface area contributed by atoms with Crippen molar-refractivity contribution in [1.29, 1.82) is 5.26 Å². The van der Waals surface area contributed by atoms with Crippen LogP contribution in [0.5, 0.6) is 0 Å². The highest BCUT2D eigenvalue weighted by Crippen LogP contribution is 2.18. The molecule has 0 spiro atoms. The molecule has 1 N–H and O–H groups in total. The molecule has 0 radical (unpaired) electrons. The predicted octanol–water partition coefficient (Wildman–Crippen LogP) is 0.498. The topological polar surface area (TPSA) is 65.6 Å². The summed E-state index contributed by atoms with van der Waals surface area (Å²) >= 11 is 3.31. The molecule has 7 heteroatoms. The molecule has 1 fully saturated rings.